The normalized spacial score (nSPS) is 20.1. The van der Waals surface area contributed by atoms with E-state index in [0.29, 0.717) is 12.2 Å². The number of para-hydroxylation sites is 2. The lowest BCUT2D eigenvalue weighted by Crippen LogP contribution is -2.57. The summed E-state index contributed by atoms with van der Waals surface area (Å²) in [7, 11) is 1.40. The lowest BCUT2D eigenvalue weighted by molar-refractivity contribution is -0.302. The molecule has 1 amide bonds. The van der Waals surface area contributed by atoms with Crippen molar-refractivity contribution in [2.75, 3.05) is 13.7 Å². The SMILES string of the molecule is CCCCC1=NN(C(=O)COc2ccccc2OC)[C@@](O)(C(F)(F)F)C1. The Morgan fingerprint density at radius 3 is 2.58 bits per heavy atom. The molecule has 0 bridgehead atoms. The number of carbonyl (C=O) groups is 1. The molecule has 0 unspecified atom stereocenters. The summed E-state index contributed by atoms with van der Waals surface area (Å²) in [5.41, 5.74) is -3.21. The molecular weight excluding hydrogens is 353 g/mol. The fourth-order valence-corrected chi connectivity index (χ4v) is 2.56. The highest BCUT2D eigenvalue weighted by Gasteiger charge is 2.63. The predicted octanol–water partition coefficient (Wildman–Crippen LogP) is 3.10. The van der Waals surface area contributed by atoms with E-state index in [1.807, 2.05) is 6.92 Å². The Balaban J connectivity index is 2.16. The van der Waals surface area contributed by atoms with Gasteiger partial charge in [-0.15, -0.1) is 0 Å². The van der Waals surface area contributed by atoms with Gasteiger partial charge in [-0.3, -0.25) is 4.79 Å². The molecule has 1 aliphatic heterocycles. The molecule has 0 radical (unpaired) electrons. The number of nitrogens with zero attached hydrogens (tertiary/aromatic N) is 2. The van der Waals surface area contributed by atoms with E-state index in [1.54, 1.807) is 18.2 Å². The average molecular weight is 374 g/mol. The van der Waals surface area contributed by atoms with Gasteiger partial charge in [0, 0.05) is 12.1 Å². The number of hydrogen-bond donors (Lipinski definition) is 1. The van der Waals surface area contributed by atoms with E-state index in [-0.39, 0.29) is 22.9 Å². The summed E-state index contributed by atoms with van der Waals surface area (Å²) in [5, 5.41) is 13.9. The predicted molar refractivity (Wildman–Crippen MR) is 87.9 cm³/mol. The molecule has 0 spiro atoms. The molecule has 0 saturated carbocycles. The van der Waals surface area contributed by atoms with Crippen molar-refractivity contribution >= 4 is 11.6 Å². The number of halogens is 3. The maximum atomic E-state index is 13.4. The minimum atomic E-state index is -5.04. The van der Waals surface area contributed by atoms with Crippen molar-refractivity contribution in [3.05, 3.63) is 24.3 Å². The molecule has 1 atom stereocenters. The van der Waals surface area contributed by atoms with Crippen LogP contribution < -0.4 is 9.47 Å². The molecule has 9 heteroatoms. The molecule has 6 nitrogen and oxygen atoms in total. The van der Waals surface area contributed by atoms with Gasteiger partial charge in [-0.05, 0) is 25.0 Å². The lowest BCUT2D eigenvalue weighted by Gasteiger charge is -2.32. The van der Waals surface area contributed by atoms with Crippen LogP contribution in [0, 0.1) is 0 Å². The molecule has 1 heterocycles. The third-order valence-electron chi connectivity index (χ3n) is 3.97. The van der Waals surface area contributed by atoms with Gasteiger partial charge in [0.15, 0.2) is 18.1 Å². The number of hydrogen-bond acceptors (Lipinski definition) is 5. The smallest absolute Gasteiger partial charge is 0.438 e. The number of aliphatic hydroxyl groups is 1. The minimum Gasteiger partial charge on any atom is -0.493 e. The third kappa shape index (κ3) is 4.09. The first-order chi connectivity index (χ1) is 12.2. The number of benzene rings is 1. The number of amides is 1. The Kier molecular flexibility index (Phi) is 6.12. The third-order valence-corrected chi connectivity index (χ3v) is 3.97. The minimum absolute atomic E-state index is 0.0907. The Hall–Kier alpha value is -2.29. The summed E-state index contributed by atoms with van der Waals surface area (Å²) < 4.78 is 50.4. The maximum absolute atomic E-state index is 13.4. The second kappa shape index (κ2) is 7.94. The quantitative estimate of drug-likeness (QED) is 0.796. The van der Waals surface area contributed by atoms with Gasteiger partial charge in [0.05, 0.1) is 7.11 Å². The maximum Gasteiger partial charge on any atom is 0.438 e. The Morgan fingerprint density at radius 1 is 1.35 bits per heavy atom. The van der Waals surface area contributed by atoms with E-state index in [4.69, 9.17) is 9.47 Å². The lowest BCUT2D eigenvalue weighted by atomic mass is 10.0. The van der Waals surface area contributed by atoms with Crippen molar-refractivity contribution in [2.24, 2.45) is 5.10 Å². The van der Waals surface area contributed by atoms with Crippen LogP contribution >= 0.6 is 0 Å². The van der Waals surface area contributed by atoms with Crippen LogP contribution in [0.25, 0.3) is 0 Å². The zero-order valence-corrected chi connectivity index (χ0v) is 14.5. The van der Waals surface area contributed by atoms with E-state index in [0.717, 1.165) is 6.42 Å². The first-order valence-electron chi connectivity index (χ1n) is 8.17. The summed E-state index contributed by atoms with van der Waals surface area (Å²) in [5.74, 6) is -0.560. The number of rotatable bonds is 7. The molecule has 0 aliphatic carbocycles. The van der Waals surface area contributed by atoms with Crippen LogP contribution in [-0.4, -0.2) is 47.4 Å². The summed E-state index contributed by atoms with van der Waals surface area (Å²) >= 11 is 0. The highest BCUT2D eigenvalue weighted by atomic mass is 19.4. The fourth-order valence-electron chi connectivity index (χ4n) is 2.56. The van der Waals surface area contributed by atoms with Crippen LogP contribution in [0.5, 0.6) is 11.5 Å². The Labute approximate surface area is 149 Å². The molecule has 0 aromatic heterocycles. The van der Waals surface area contributed by atoms with Crippen LogP contribution in [-0.2, 0) is 4.79 Å². The summed E-state index contributed by atoms with van der Waals surface area (Å²) in [4.78, 5) is 12.3. The molecule has 1 aromatic rings. The zero-order valence-electron chi connectivity index (χ0n) is 14.5. The van der Waals surface area contributed by atoms with E-state index >= 15 is 0 Å². The second-order valence-electron chi connectivity index (χ2n) is 5.91. The summed E-state index contributed by atoms with van der Waals surface area (Å²) in [6.45, 7) is 1.17. The summed E-state index contributed by atoms with van der Waals surface area (Å²) in [6, 6.07) is 6.41. The van der Waals surface area contributed by atoms with Gasteiger partial charge in [0.1, 0.15) is 0 Å². The molecule has 1 aromatic carbocycles. The largest absolute Gasteiger partial charge is 0.493 e. The Morgan fingerprint density at radius 2 is 2.00 bits per heavy atom. The number of alkyl halides is 3. The molecule has 0 fully saturated rings. The number of methoxy groups -OCH3 is 1. The van der Waals surface area contributed by atoms with Gasteiger partial charge in [-0.2, -0.15) is 23.3 Å². The fraction of sp³-hybridized carbons (Fsp3) is 0.529. The number of ether oxygens (including phenoxy) is 2. The molecule has 2 rings (SSSR count). The van der Waals surface area contributed by atoms with Crippen molar-refractivity contribution in [1.82, 2.24) is 5.01 Å². The standard InChI is InChI=1S/C17H21F3N2O4/c1-3-4-7-12-10-16(24,17(18,19)20)22(21-12)15(23)11-26-14-9-6-5-8-13(14)25-2/h5-6,8-9,24H,3-4,7,10-11H2,1-2H3/t16-/m0/s1. The van der Waals surface area contributed by atoms with Gasteiger partial charge in [-0.25, -0.2) is 0 Å². The topological polar surface area (TPSA) is 71.4 Å². The molecule has 1 N–H and O–H groups in total. The van der Waals surface area contributed by atoms with Crippen LogP contribution in [0.4, 0.5) is 13.2 Å². The van der Waals surface area contributed by atoms with Gasteiger partial charge in [-0.1, -0.05) is 25.5 Å². The first-order valence-corrected chi connectivity index (χ1v) is 8.17. The van der Waals surface area contributed by atoms with Crippen molar-refractivity contribution in [3.8, 4) is 11.5 Å². The molecular formula is C17H21F3N2O4. The highest BCUT2D eigenvalue weighted by Crippen LogP contribution is 2.41. The van der Waals surface area contributed by atoms with Crippen molar-refractivity contribution in [1.29, 1.82) is 0 Å². The Bertz CT molecular complexity index is 678. The number of carbonyl (C=O) groups excluding carboxylic acids is 1. The van der Waals surface area contributed by atoms with Crippen LogP contribution in [0.3, 0.4) is 0 Å². The van der Waals surface area contributed by atoms with Crippen LogP contribution in [0.15, 0.2) is 29.4 Å². The molecule has 1 aliphatic rings. The molecule has 144 valence electrons. The second-order valence-corrected chi connectivity index (χ2v) is 5.91. The monoisotopic (exact) mass is 374 g/mol. The first kappa shape index (κ1) is 20.0. The zero-order chi connectivity index (χ0) is 19.4. The van der Waals surface area contributed by atoms with Gasteiger partial charge in [0.2, 0.25) is 0 Å². The number of hydrazone groups is 1. The van der Waals surface area contributed by atoms with Crippen molar-refractivity contribution in [2.45, 2.75) is 44.5 Å². The van der Waals surface area contributed by atoms with Gasteiger partial charge in [0.25, 0.3) is 11.6 Å². The van der Waals surface area contributed by atoms with Gasteiger partial charge >= 0.3 is 6.18 Å². The van der Waals surface area contributed by atoms with Crippen molar-refractivity contribution < 1.29 is 32.5 Å². The molecule has 26 heavy (non-hydrogen) atoms. The summed E-state index contributed by atoms with van der Waals surface area (Å²) in [6.07, 6.45) is -4.13. The molecule has 0 saturated heterocycles. The highest BCUT2D eigenvalue weighted by molar-refractivity contribution is 5.91. The van der Waals surface area contributed by atoms with E-state index in [1.165, 1.54) is 13.2 Å². The van der Waals surface area contributed by atoms with Crippen molar-refractivity contribution in [3.63, 3.8) is 0 Å². The van der Waals surface area contributed by atoms with E-state index in [9.17, 15) is 23.1 Å². The van der Waals surface area contributed by atoms with E-state index in [2.05, 4.69) is 5.10 Å². The van der Waals surface area contributed by atoms with E-state index < -0.39 is 30.8 Å². The van der Waals surface area contributed by atoms with Crippen LogP contribution in [0.1, 0.15) is 32.6 Å². The number of unbranched alkanes of at least 4 members (excludes halogenated alkanes) is 1. The van der Waals surface area contributed by atoms with Gasteiger partial charge < -0.3 is 14.6 Å². The average Bonchev–Trinajstić information content (AvgIpc) is 2.96. The van der Waals surface area contributed by atoms with Crippen LogP contribution in [0.2, 0.25) is 0 Å².